The molecular formula is C43H48N2. The van der Waals surface area contributed by atoms with Gasteiger partial charge in [0, 0.05) is 0 Å². The summed E-state index contributed by atoms with van der Waals surface area (Å²) in [6.07, 6.45) is 9.95. The number of nitrogens with zero attached hydrogens (tertiary/aromatic N) is 2. The van der Waals surface area contributed by atoms with E-state index in [1.165, 1.54) is 68.5 Å². The molecule has 4 aromatic rings. The lowest BCUT2D eigenvalue weighted by Crippen LogP contribution is -2.01. The van der Waals surface area contributed by atoms with E-state index in [4.69, 9.17) is 10.5 Å². The third-order valence-electron chi connectivity index (χ3n) is 8.64. The highest BCUT2D eigenvalue weighted by Crippen LogP contribution is 2.30. The predicted molar refractivity (Wildman–Crippen MR) is 192 cm³/mol. The van der Waals surface area contributed by atoms with Crippen LogP contribution in [0.3, 0.4) is 0 Å². The van der Waals surface area contributed by atoms with Gasteiger partial charge in [-0.25, -0.2) is 0 Å². The summed E-state index contributed by atoms with van der Waals surface area (Å²) < 4.78 is 0. The van der Waals surface area contributed by atoms with Crippen molar-refractivity contribution in [3.05, 3.63) is 147 Å². The lowest BCUT2D eigenvalue weighted by atomic mass is 9.88. The van der Waals surface area contributed by atoms with Gasteiger partial charge in [0.25, 0.3) is 0 Å². The van der Waals surface area contributed by atoms with E-state index in [1.807, 2.05) is 12.1 Å². The van der Waals surface area contributed by atoms with Gasteiger partial charge in [-0.3, -0.25) is 0 Å². The first kappa shape index (κ1) is 34.8. The largest absolute Gasteiger partial charge is 0.192 e. The Hall–Kier alpha value is -4.66. The molecular weight excluding hydrogens is 544 g/mol. The van der Waals surface area contributed by atoms with E-state index >= 15 is 0 Å². The number of nitriles is 2. The molecule has 0 bridgehead atoms. The molecule has 2 nitrogen and oxygen atoms in total. The van der Waals surface area contributed by atoms with Crippen molar-refractivity contribution >= 4 is 5.57 Å². The van der Waals surface area contributed by atoms with Crippen LogP contribution in [0, 0.1) is 43.4 Å². The second-order valence-electron chi connectivity index (χ2n) is 11.9. The van der Waals surface area contributed by atoms with Crippen LogP contribution in [0.5, 0.6) is 0 Å². The van der Waals surface area contributed by atoms with Crippen LogP contribution in [0.1, 0.15) is 104 Å². The smallest absolute Gasteiger partial charge is 0.101 e. The van der Waals surface area contributed by atoms with Crippen LogP contribution in [-0.2, 0) is 6.42 Å². The van der Waals surface area contributed by atoms with Crippen LogP contribution in [-0.4, -0.2) is 0 Å². The summed E-state index contributed by atoms with van der Waals surface area (Å²) in [5, 5.41) is 18.1. The van der Waals surface area contributed by atoms with Gasteiger partial charge in [0.2, 0.25) is 0 Å². The Bertz CT molecular complexity index is 1680. The molecule has 1 atom stereocenters. The molecule has 0 aliphatic heterocycles. The Morgan fingerprint density at radius 2 is 1.18 bits per heavy atom. The molecule has 4 aromatic carbocycles. The number of allylic oxidation sites excluding steroid dienone is 4. The molecule has 45 heavy (non-hydrogen) atoms. The van der Waals surface area contributed by atoms with Crippen LogP contribution < -0.4 is 0 Å². The Kier molecular flexibility index (Phi) is 13.6. The maximum absolute atomic E-state index is 9.05. The SMILES string of the molecule is CC1=C(c2ccccc2C)CCC=C1.CCCc1cc(C#N)c(C#N)cc1C(C)CC.Cc1ccccc1-c1ccccc1C. The van der Waals surface area contributed by atoms with Gasteiger partial charge < -0.3 is 0 Å². The molecule has 0 saturated carbocycles. The molecule has 1 unspecified atom stereocenters. The average molecular weight is 593 g/mol. The van der Waals surface area contributed by atoms with E-state index in [9.17, 15) is 0 Å². The topological polar surface area (TPSA) is 47.6 Å². The Labute approximate surface area is 272 Å². The van der Waals surface area contributed by atoms with Crippen LogP contribution in [0.2, 0.25) is 0 Å². The van der Waals surface area contributed by atoms with Gasteiger partial charge in [-0.05, 0) is 127 Å². The van der Waals surface area contributed by atoms with Crippen LogP contribution in [0.25, 0.3) is 16.7 Å². The minimum absolute atomic E-state index is 0.441. The van der Waals surface area contributed by atoms with Crippen LogP contribution in [0.15, 0.2) is 103 Å². The van der Waals surface area contributed by atoms with Crippen molar-refractivity contribution in [2.75, 3.05) is 0 Å². The van der Waals surface area contributed by atoms with Crippen molar-refractivity contribution in [1.82, 2.24) is 0 Å². The predicted octanol–water partition coefficient (Wildman–Crippen LogP) is 12.0. The molecule has 0 radical (unpaired) electrons. The quantitative estimate of drug-likeness (QED) is 0.224. The summed E-state index contributed by atoms with van der Waals surface area (Å²) >= 11 is 0. The molecule has 0 heterocycles. The molecule has 2 heteroatoms. The van der Waals surface area contributed by atoms with Crippen molar-refractivity contribution < 1.29 is 0 Å². The molecule has 1 aliphatic rings. The zero-order valence-corrected chi connectivity index (χ0v) is 28.2. The minimum Gasteiger partial charge on any atom is -0.192 e. The van der Waals surface area contributed by atoms with Crippen LogP contribution in [0.4, 0.5) is 0 Å². The molecule has 0 spiro atoms. The van der Waals surface area contributed by atoms with Crippen molar-refractivity contribution in [1.29, 1.82) is 10.5 Å². The van der Waals surface area contributed by atoms with Gasteiger partial charge in [-0.2, -0.15) is 10.5 Å². The van der Waals surface area contributed by atoms with Gasteiger partial charge in [0.1, 0.15) is 12.1 Å². The molecule has 230 valence electrons. The third-order valence-corrected chi connectivity index (χ3v) is 8.64. The van der Waals surface area contributed by atoms with E-state index in [-0.39, 0.29) is 0 Å². The van der Waals surface area contributed by atoms with E-state index in [1.54, 1.807) is 0 Å². The molecule has 1 aliphatic carbocycles. The first-order chi connectivity index (χ1) is 21.7. The average Bonchev–Trinajstić information content (AvgIpc) is 3.06. The van der Waals surface area contributed by atoms with Crippen molar-refractivity contribution in [2.24, 2.45) is 0 Å². The second-order valence-corrected chi connectivity index (χ2v) is 11.9. The first-order valence-electron chi connectivity index (χ1n) is 16.3. The number of hydrogen-bond donors (Lipinski definition) is 0. The highest BCUT2D eigenvalue weighted by molar-refractivity contribution is 5.73. The van der Waals surface area contributed by atoms with E-state index in [0.29, 0.717) is 17.0 Å². The number of benzene rings is 4. The van der Waals surface area contributed by atoms with Gasteiger partial charge in [0.05, 0.1) is 11.1 Å². The zero-order chi connectivity index (χ0) is 32.8. The van der Waals surface area contributed by atoms with Crippen molar-refractivity contribution in [3.63, 3.8) is 0 Å². The fourth-order valence-electron chi connectivity index (χ4n) is 5.81. The minimum atomic E-state index is 0.441. The summed E-state index contributed by atoms with van der Waals surface area (Å²) in [5.41, 5.74) is 14.6. The maximum Gasteiger partial charge on any atom is 0.101 e. The molecule has 0 amide bonds. The Morgan fingerprint density at radius 1 is 0.689 bits per heavy atom. The normalized spacial score (nSPS) is 12.6. The summed E-state index contributed by atoms with van der Waals surface area (Å²) in [7, 11) is 0. The lowest BCUT2D eigenvalue weighted by Gasteiger charge is -2.15. The highest BCUT2D eigenvalue weighted by Gasteiger charge is 2.13. The Morgan fingerprint density at radius 3 is 1.62 bits per heavy atom. The second kappa shape index (κ2) is 17.6. The van der Waals surface area contributed by atoms with E-state index in [0.717, 1.165) is 19.3 Å². The monoisotopic (exact) mass is 592 g/mol. The van der Waals surface area contributed by atoms with E-state index < -0.39 is 0 Å². The van der Waals surface area contributed by atoms with Gasteiger partial charge in [0.15, 0.2) is 0 Å². The lowest BCUT2D eigenvalue weighted by molar-refractivity contribution is 0.717. The van der Waals surface area contributed by atoms with Crippen molar-refractivity contribution in [3.8, 4) is 23.3 Å². The molecule has 0 N–H and O–H groups in total. The highest BCUT2D eigenvalue weighted by atomic mass is 14.3. The fraction of sp³-hybridized carbons (Fsp3) is 0.302. The zero-order valence-electron chi connectivity index (χ0n) is 28.2. The molecule has 0 saturated heterocycles. The maximum atomic E-state index is 9.05. The Balaban J connectivity index is 0.000000185. The third kappa shape index (κ3) is 9.41. The van der Waals surface area contributed by atoms with Gasteiger partial charge >= 0.3 is 0 Å². The number of aryl methyl sites for hydroxylation is 4. The molecule has 0 aromatic heterocycles. The fourth-order valence-corrected chi connectivity index (χ4v) is 5.81. The first-order valence-corrected chi connectivity index (χ1v) is 16.3. The summed E-state index contributed by atoms with van der Waals surface area (Å²) in [6.45, 7) is 15.1. The molecule has 5 rings (SSSR count). The number of rotatable bonds is 6. The van der Waals surface area contributed by atoms with Crippen molar-refractivity contribution in [2.45, 2.75) is 86.5 Å². The molecule has 0 fully saturated rings. The summed E-state index contributed by atoms with van der Waals surface area (Å²) in [5.74, 6) is 0.441. The van der Waals surface area contributed by atoms with E-state index in [2.05, 4.69) is 146 Å². The standard InChI is InChI=1S/C15H18N2.C14H16.C14H14/c1-4-6-12-7-13(9-16)14(10-17)8-15(12)11(3)5-2;2*1-11-7-3-5-9-13(11)14-10-6-4-8-12(14)2/h7-8,11H,4-6H2,1-3H3;3-5,7-9H,6,10H2,1-2H3;3-10H,1-2H3. The van der Waals surface area contributed by atoms with Crippen LogP contribution >= 0.6 is 0 Å². The summed E-state index contributed by atoms with van der Waals surface area (Å²) in [6, 6.07) is 33.7. The van der Waals surface area contributed by atoms with Gasteiger partial charge in [-0.15, -0.1) is 0 Å². The summed E-state index contributed by atoms with van der Waals surface area (Å²) in [4.78, 5) is 0. The number of hydrogen-bond acceptors (Lipinski definition) is 2. The van der Waals surface area contributed by atoms with Gasteiger partial charge in [-0.1, -0.05) is 112 Å².